The molecule has 0 saturated carbocycles. The molecule has 166 valence electrons. The van der Waals surface area contributed by atoms with E-state index in [0.29, 0.717) is 13.0 Å². The molecule has 33 heavy (non-hydrogen) atoms. The number of phenols is 1. The lowest BCUT2D eigenvalue weighted by atomic mass is 9.88. The lowest BCUT2D eigenvalue weighted by Crippen LogP contribution is -2.44. The molecule has 2 unspecified atom stereocenters. The predicted molar refractivity (Wildman–Crippen MR) is 122 cm³/mol. The van der Waals surface area contributed by atoms with Crippen LogP contribution in [0.25, 0.3) is 10.9 Å². The van der Waals surface area contributed by atoms with Crippen LogP contribution in [0.4, 0.5) is 4.79 Å². The molecule has 0 aliphatic carbocycles. The van der Waals surface area contributed by atoms with Gasteiger partial charge in [0.05, 0.1) is 6.33 Å². The van der Waals surface area contributed by atoms with Gasteiger partial charge in [0.15, 0.2) is 0 Å². The quantitative estimate of drug-likeness (QED) is 0.475. The van der Waals surface area contributed by atoms with Gasteiger partial charge in [0.1, 0.15) is 17.8 Å². The van der Waals surface area contributed by atoms with Crippen LogP contribution in [0, 0.1) is 6.92 Å². The number of H-pyrrole nitrogens is 1. The van der Waals surface area contributed by atoms with E-state index in [9.17, 15) is 14.7 Å². The second kappa shape index (κ2) is 7.23. The molecular weight excluding hydrogens is 418 g/mol. The van der Waals surface area contributed by atoms with Crippen LogP contribution in [0.5, 0.6) is 5.75 Å². The molecule has 2 aliphatic heterocycles. The Labute approximate surface area is 190 Å². The van der Waals surface area contributed by atoms with Crippen molar-refractivity contribution in [1.82, 2.24) is 24.3 Å². The smallest absolute Gasteiger partial charge is 0.328 e. The highest BCUT2D eigenvalue weighted by Crippen LogP contribution is 2.44. The number of amides is 3. The van der Waals surface area contributed by atoms with Crippen LogP contribution in [0.3, 0.4) is 0 Å². The molecule has 2 aromatic carbocycles. The maximum absolute atomic E-state index is 13.6. The van der Waals surface area contributed by atoms with Gasteiger partial charge in [0, 0.05) is 48.5 Å². The highest BCUT2D eigenvalue weighted by Gasteiger charge is 2.52. The molecule has 2 aromatic heterocycles. The summed E-state index contributed by atoms with van der Waals surface area (Å²) in [4.78, 5) is 37.6. The zero-order valence-corrected chi connectivity index (χ0v) is 18.1. The van der Waals surface area contributed by atoms with Gasteiger partial charge in [0.25, 0.3) is 5.91 Å². The Morgan fingerprint density at radius 1 is 1.15 bits per heavy atom. The maximum atomic E-state index is 13.6. The highest BCUT2D eigenvalue weighted by atomic mass is 16.3. The van der Waals surface area contributed by atoms with Gasteiger partial charge < -0.3 is 14.7 Å². The second-order valence-corrected chi connectivity index (χ2v) is 8.76. The van der Waals surface area contributed by atoms with E-state index in [1.54, 1.807) is 35.6 Å². The average Bonchev–Trinajstić information content (AvgIpc) is 3.50. The van der Waals surface area contributed by atoms with Gasteiger partial charge in [-0.15, -0.1) is 0 Å². The van der Waals surface area contributed by atoms with Crippen LogP contribution < -0.4 is 0 Å². The Kier molecular flexibility index (Phi) is 4.29. The molecule has 2 N–H and O–H groups in total. The normalized spacial score (nSPS) is 19.9. The van der Waals surface area contributed by atoms with Crippen LogP contribution in [0.15, 0.2) is 61.2 Å². The van der Waals surface area contributed by atoms with E-state index < -0.39 is 12.1 Å². The molecule has 4 heterocycles. The number of phenolic OH excluding ortho intramolecular Hbond substituents is 1. The Balaban J connectivity index is 1.46. The minimum Gasteiger partial charge on any atom is -0.508 e. The molecule has 0 radical (unpaired) electrons. The fourth-order valence-electron chi connectivity index (χ4n) is 5.17. The number of rotatable bonds is 4. The molecule has 1 fully saturated rings. The number of aromatic nitrogens is 3. The van der Waals surface area contributed by atoms with Gasteiger partial charge in [-0.25, -0.2) is 9.78 Å². The first-order chi connectivity index (χ1) is 16.0. The second-order valence-electron chi connectivity index (χ2n) is 8.76. The van der Waals surface area contributed by atoms with E-state index >= 15 is 0 Å². The topological polar surface area (TPSA) is 94.5 Å². The van der Waals surface area contributed by atoms with E-state index in [2.05, 4.69) is 16.0 Å². The van der Waals surface area contributed by atoms with Crippen molar-refractivity contribution in [2.24, 2.45) is 0 Å². The summed E-state index contributed by atoms with van der Waals surface area (Å²) in [6.07, 6.45) is 5.62. The molecule has 8 nitrogen and oxygen atoms in total. The standard InChI is InChI=1S/C25H23N5O3/c1-15-5-6-20-18(11-15)19-13-21-24(32)29(10-9-28-8-7-26-14-28)25(33)30(21)23(22(19)27-20)16-3-2-4-17(31)12-16/h2-8,11-12,14,21,23,27,31H,9-10,13H2,1H3. The third kappa shape index (κ3) is 3.01. The number of nitrogens with one attached hydrogen (secondary N) is 1. The van der Waals surface area contributed by atoms with Crippen LogP contribution in [0.2, 0.25) is 0 Å². The number of aromatic amines is 1. The molecule has 8 heteroatoms. The summed E-state index contributed by atoms with van der Waals surface area (Å²) in [5, 5.41) is 11.2. The number of urea groups is 1. The number of carbonyl (C=O) groups is 2. The zero-order valence-electron chi connectivity index (χ0n) is 18.1. The van der Waals surface area contributed by atoms with Gasteiger partial charge in [-0.05, 0) is 42.3 Å². The summed E-state index contributed by atoms with van der Waals surface area (Å²) >= 11 is 0. The summed E-state index contributed by atoms with van der Waals surface area (Å²) in [6.45, 7) is 2.81. The van der Waals surface area contributed by atoms with E-state index in [1.165, 1.54) is 4.90 Å². The minimum atomic E-state index is -0.584. The van der Waals surface area contributed by atoms with E-state index in [4.69, 9.17) is 0 Å². The third-order valence-corrected chi connectivity index (χ3v) is 6.71. The molecule has 2 aliphatic rings. The molecule has 3 amide bonds. The van der Waals surface area contributed by atoms with Crippen molar-refractivity contribution in [3.63, 3.8) is 0 Å². The molecule has 4 aromatic rings. The van der Waals surface area contributed by atoms with Gasteiger partial charge in [-0.3, -0.25) is 14.6 Å². The Morgan fingerprint density at radius 2 is 2.03 bits per heavy atom. The lowest BCUT2D eigenvalue weighted by Gasteiger charge is -2.36. The number of aromatic hydroxyl groups is 1. The van der Waals surface area contributed by atoms with Crippen molar-refractivity contribution in [3.8, 4) is 5.75 Å². The molecular formula is C25H23N5O3. The van der Waals surface area contributed by atoms with Crippen LogP contribution in [-0.2, 0) is 17.8 Å². The Hall–Kier alpha value is -4.07. The summed E-state index contributed by atoms with van der Waals surface area (Å²) in [7, 11) is 0. The average molecular weight is 441 g/mol. The molecule has 0 spiro atoms. The third-order valence-electron chi connectivity index (χ3n) is 6.71. The first kappa shape index (κ1) is 19.6. The Morgan fingerprint density at radius 3 is 2.82 bits per heavy atom. The largest absolute Gasteiger partial charge is 0.508 e. The highest BCUT2D eigenvalue weighted by molar-refractivity contribution is 6.05. The van der Waals surface area contributed by atoms with Crippen LogP contribution in [-0.4, -0.2) is 54.0 Å². The molecule has 2 atom stereocenters. The Bertz CT molecular complexity index is 1390. The van der Waals surface area contributed by atoms with Crippen molar-refractivity contribution in [3.05, 3.63) is 83.6 Å². The molecule has 6 rings (SSSR count). The van der Waals surface area contributed by atoms with Gasteiger partial charge in [0.2, 0.25) is 0 Å². The predicted octanol–water partition coefficient (Wildman–Crippen LogP) is 3.36. The van der Waals surface area contributed by atoms with Crippen molar-refractivity contribution >= 4 is 22.8 Å². The van der Waals surface area contributed by atoms with Gasteiger partial charge in [-0.2, -0.15) is 0 Å². The summed E-state index contributed by atoms with van der Waals surface area (Å²) < 4.78 is 1.85. The number of hydrogen-bond acceptors (Lipinski definition) is 4. The van der Waals surface area contributed by atoms with E-state index in [1.807, 2.05) is 35.9 Å². The number of aryl methyl sites for hydroxylation is 1. The monoisotopic (exact) mass is 441 g/mol. The van der Waals surface area contributed by atoms with Crippen molar-refractivity contribution in [2.75, 3.05) is 6.54 Å². The minimum absolute atomic E-state index is 0.123. The maximum Gasteiger partial charge on any atom is 0.328 e. The fraction of sp³-hybridized carbons (Fsp3) is 0.240. The van der Waals surface area contributed by atoms with E-state index in [0.717, 1.165) is 33.3 Å². The summed E-state index contributed by atoms with van der Waals surface area (Å²) in [5.41, 5.74) is 4.84. The fourth-order valence-corrected chi connectivity index (χ4v) is 5.17. The van der Waals surface area contributed by atoms with Crippen molar-refractivity contribution < 1.29 is 14.7 Å². The van der Waals surface area contributed by atoms with Crippen molar-refractivity contribution in [1.29, 1.82) is 0 Å². The number of carbonyl (C=O) groups excluding carboxylic acids is 2. The summed E-state index contributed by atoms with van der Waals surface area (Å²) in [6, 6.07) is 11.7. The van der Waals surface area contributed by atoms with Crippen molar-refractivity contribution in [2.45, 2.75) is 32.0 Å². The molecule has 0 bridgehead atoms. The van der Waals surface area contributed by atoms with Crippen LogP contribution in [0.1, 0.15) is 28.4 Å². The number of benzene rings is 2. The van der Waals surface area contributed by atoms with E-state index in [-0.39, 0.29) is 24.2 Å². The number of nitrogens with zero attached hydrogens (tertiary/aromatic N) is 4. The molecule has 1 saturated heterocycles. The zero-order chi connectivity index (χ0) is 22.7. The number of hydrogen-bond donors (Lipinski definition) is 2. The number of fused-ring (bicyclic) bond motifs is 4. The van der Waals surface area contributed by atoms with Gasteiger partial charge in [-0.1, -0.05) is 23.8 Å². The first-order valence-corrected chi connectivity index (χ1v) is 11.0. The number of imidazole rings is 1. The first-order valence-electron chi connectivity index (χ1n) is 11.0. The number of imide groups is 1. The SMILES string of the molecule is Cc1ccc2[nH]c3c(c2c1)CC1C(=O)N(CCn2ccnc2)C(=O)N1C3c1cccc(O)c1. The van der Waals surface area contributed by atoms with Gasteiger partial charge >= 0.3 is 6.03 Å². The lowest BCUT2D eigenvalue weighted by molar-refractivity contribution is -0.128. The van der Waals surface area contributed by atoms with Crippen LogP contribution >= 0.6 is 0 Å². The summed E-state index contributed by atoms with van der Waals surface area (Å²) in [5.74, 6) is -0.0593.